The Balaban J connectivity index is 2.14. The van der Waals surface area contributed by atoms with Crippen molar-refractivity contribution in [1.29, 1.82) is 0 Å². The molecule has 3 nitrogen and oxygen atoms in total. The maximum Gasteiger partial charge on any atom is 0.254 e. The lowest BCUT2D eigenvalue weighted by atomic mass is 10.1. The van der Waals surface area contributed by atoms with Crippen LogP contribution in [0.15, 0.2) is 24.3 Å². The van der Waals surface area contributed by atoms with E-state index in [0.29, 0.717) is 18.6 Å². The average molecular weight is 261 g/mol. The van der Waals surface area contributed by atoms with Gasteiger partial charge in [0.1, 0.15) is 0 Å². The normalized spacial score (nSPS) is 14.7. The maximum absolute atomic E-state index is 12.6. The molecule has 0 bridgehead atoms. The van der Waals surface area contributed by atoms with Gasteiger partial charge in [-0.3, -0.25) is 4.79 Å². The number of methoxy groups -OCH3 is 1. The molecule has 0 saturated heterocycles. The highest BCUT2D eigenvalue weighted by Gasteiger charge is 2.33. The maximum atomic E-state index is 12.6. The summed E-state index contributed by atoms with van der Waals surface area (Å²) in [6, 6.07) is 8.23. The zero-order chi connectivity index (χ0) is 13.8. The number of amides is 1. The van der Waals surface area contributed by atoms with E-state index in [9.17, 15) is 4.79 Å². The summed E-state index contributed by atoms with van der Waals surface area (Å²) in [5.41, 5.74) is 1.83. The minimum atomic E-state index is 0.161. The third-order valence-corrected chi connectivity index (χ3v) is 3.30. The molecule has 0 N–H and O–H groups in total. The second-order valence-electron chi connectivity index (χ2n) is 5.72. The number of rotatable bonds is 6. The number of benzene rings is 1. The molecule has 2 rings (SSSR count). The van der Waals surface area contributed by atoms with Crippen molar-refractivity contribution in [3.05, 3.63) is 35.4 Å². The lowest BCUT2D eigenvalue weighted by molar-refractivity contribution is 0.0722. The van der Waals surface area contributed by atoms with E-state index in [2.05, 4.69) is 13.8 Å². The first-order chi connectivity index (χ1) is 9.11. The molecule has 1 aromatic carbocycles. The fourth-order valence-electron chi connectivity index (χ4n) is 2.30. The zero-order valence-corrected chi connectivity index (χ0v) is 12.1. The van der Waals surface area contributed by atoms with Crippen molar-refractivity contribution >= 4 is 5.91 Å². The lowest BCUT2D eigenvalue weighted by Gasteiger charge is -2.24. The summed E-state index contributed by atoms with van der Waals surface area (Å²) in [6.07, 6.45) is 2.30. The predicted octanol–water partition coefficient (Wildman–Crippen LogP) is 3.09. The van der Waals surface area contributed by atoms with Gasteiger partial charge in [0.15, 0.2) is 0 Å². The Kier molecular flexibility index (Phi) is 4.59. The Morgan fingerprint density at radius 3 is 2.74 bits per heavy atom. The highest BCUT2D eigenvalue weighted by Crippen LogP contribution is 2.29. The first-order valence-corrected chi connectivity index (χ1v) is 7.00. The van der Waals surface area contributed by atoms with E-state index in [0.717, 1.165) is 30.5 Å². The summed E-state index contributed by atoms with van der Waals surface area (Å²) in [5, 5.41) is 0. The van der Waals surface area contributed by atoms with Crippen molar-refractivity contribution in [2.24, 2.45) is 5.92 Å². The van der Waals surface area contributed by atoms with Crippen LogP contribution in [0.3, 0.4) is 0 Å². The van der Waals surface area contributed by atoms with Crippen molar-refractivity contribution in [1.82, 2.24) is 4.90 Å². The van der Waals surface area contributed by atoms with Crippen LogP contribution in [0.2, 0.25) is 0 Å². The third-order valence-electron chi connectivity index (χ3n) is 3.30. The second-order valence-corrected chi connectivity index (χ2v) is 5.72. The van der Waals surface area contributed by atoms with Crippen LogP contribution in [-0.2, 0) is 11.3 Å². The molecule has 0 unspecified atom stereocenters. The van der Waals surface area contributed by atoms with E-state index in [1.807, 2.05) is 29.2 Å². The topological polar surface area (TPSA) is 29.5 Å². The van der Waals surface area contributed by atoms with E-state index < -0.39 is 0 Å². The molecule has 19 heavy (non-hydrogen) atoms. The molecule has 0 atom stereocenters. The van der Waals surface area contributed by atoms with Crippen molar-refractivity contribution in [2.45, 2.75) is 39.3 Å². The van der Waals surface area contributed by atoms with Crippen LogP contribution in [-0.4, -0.2) is 30.5 Å². The standard InChI is InChI=1S/C16H23NO2/c1-12(2)10-17(15-7-8-15)16(18)14-6-4-5-13(9-14)11-19-3/h4-6,9,12,15H,7-8,10-11H2,1-3H3. The van der Waals surface area contributed by atoms with Crippen LogP contribution < -0.4 is 0 Å². The summed E-state index contributed by atoms with van der Waals surface area (Å²) < 4.78 is 5.12. The van der Waals surface area contributed by atoms with E-state index >= 15 is 0 Å². The minimum Gasteiger partial charge on any atom is -0.380 e. The van der Waals surface area contributed by atoms with Gasteiger partial charge in [-0.15, -0.1) is 0 Å². The summed E-state index contributed by atoms with van der Waals surface area (Å²) >= 11 is 0. The molecule has 1 saturated carbocycles. The molecule has 1 amide bonds. The van der Waals surface area contributed by atoms with E-state index in [-0.39, 0.29) is 5.91 Å². The fourth-order valence-corrected chi connectivity index (χ4v) is 2.30. The number of hydrogen-bond donors (Lipinski definition) is 0. The number of carbonyl (C=O) groups excluding carboxylic acids is 1. The van der Waals surface area contributed by atoms with Gasteiger partial charge < -0.3 is 9.64 Å². The molecule has 1 aliphatic rings. The Bertz CT molecular complexity index is 438. The molecule has 0 spiro atoms. The number of ether oxygens (including phenoxy) is 1. The molecule has 1 fully saturated rings. The van der Waals surface area contributed by atoms with E-state index in [1.165, 1.54) is 0 Å². The Morgan fingerprint density at radius 1 is 1.42 bits per heavy atom. The summed E-state index contributed by atoms with van der Waals surface area (Å²) in [4.78, 5) is 14.6. The largest absolute Gasteiger partial charge is 0.380 e. The van der Waals surface area contributed by atoms with Crippen molar-refractivity contribution in [3.63, 3.8) is 0 Å². The summed E-state index contributed by atoms with van der Waals surface area (Å²) in [7, 11) is 1.67. The van der Waals surface area contributed by atoms with Crippen LogP contribution in [0, 0.1) is 5.92 Å². The number of hydrogen-bond acceptors (Lipinski definition) is 2. The molecule has 0 aliphatic heterocycles. The molecule has 104 valence electrons. The van der Waals surface area contributed by atoms with Gasteiger partial charge in [-0.1, -0.05) is 26.0 Å². The van der Waals surface area contributed by atoms with Crippen molar-refractivity contribution in [2.75, 3.05) is 13.7 Å². The third kappa shape index (κ3) is 3.80. The molecule has 0 heterocycles. The smallest absolute Gasteiger partial charge is 0.254 e. The van der Waals surface area contributed by atoms with Gasteiger partial charge in [-0.05, 0) is 36.5 Å². The van der Waals surface area contributed by atoms with Crippen LogP contribution in [0.25, 0.3) is 0 Å². The van der Waals surface area contributed by atoms with Gasteiger partial charge in [0, 0.05) is 25.3 Å². The summed E-state index contributed by atoms with van der Waals surface area (Å²) in [6.45, 7) is 5.71. The highest BCUT2D eigenvalue weighted by atomic mass is 16.5. The molecule has 0 radical (unpaired) electrons. The van der Waals surface area contributed by atoms with Crippen molar-refractivity contribution in [3.8, 4) is 0 Å². The summed E-state index contributed by atoms with van der Waals surface area (Å²) in [5.74, 6) is 0.667. The number of carbonyl (C=O) groups is 1. The lowest BCUT2D eigenvalue weighted by Crippen LogP contribution is -2.36. The first kappa shape index (κ1) is 14.1. The Morgan fingerprint density at radius 2 is 2.16 bits per heavy atom. The van der Waals surface area contributed by atoms with Gasteiger partial charge in [-0.25, -0.2) is 0 Å². The molecule has 1 aromatic rings. The Hall–Kier alpha value is -1.35. The van der Waals surface area contributed by atoms with E-state index in [1.54, 1.807) is 7.11 Å². The predicted molar refractivity (Wildman–Crippen MR) is 76.1 cm³/mol. The highest BCUT2D eigenvalue weighted by molar-refractivity contribution is 5.94. The van der Waals surface area contributed by atoms with Gasteiger partial charge in [0.2, 0.25) is 0 Å². The van der Waals surface area contributed by atoms with Crippen LogP contribution in [0.1, 0.15) is 42.6 Å². The van der Waals surface area contributed by atoms with Crippen molar-refractivity contribution < 1.29 is 9.53 Å². The van der Waals surface area contributed by atoms with Gasteiger partial charge in [0.25, 0.3) is 5.91 Å². The van der Waals surface area contributed by atoms with Gasteiger partial charge in [0.05, 0.1) is 6.61 Å². The van der Waals surface area contributed by atoms with E-state index in [4.69, 9.17) is 4.74 Å². The molecule has 1 aliphatic carbocycles. The molecule has 0 aromatic heterocycles. The zero-order valence-electron chi connectivity index (χ0n) is 12.1. The minimum absolute atomic E-state index is 0.161. The van der Waals surface area contributed by atoms with Gasteiger partial charge in [-0.2, -0.15) is 0 Å². The Labute approximate surface area is 115 Å². The van der Waals surface area contributed by atoms with Gasteiger partial charge >= 0.3 is 0 Å². The second kappa shape index (κ2) is 6.20. The van der Waals surface area contributed by atoms with Crippen LogP contribution in [0.5, 0.6) is 0 Å². The van der Waals surface area contributed by atoms with Crippen LogP contribution >= 0.6 is 0 Å². The molecule has 3 heteroatoms. The fraction of sp³-hybridized carbons (Fsp3) is 0.562. The SMILES string of the molecule is COCc1cccc(C(=O)N(CC(C)C)C2CC2)c1. The molecular weight excluding hydrogens is 238 g/mol. The monoisotopic (exact) mass is 261 g/mol. The quantitative estimate of drug-likeness (QED) is 0.787. The first-order valence-electron chi connectivity index (χ1n) is 7.00. The number of nitrogens with zero attached hydrogens (tertiary/aromatic N) is 1. The van der Waals surface area contributed by atoms with Crippen LogP contribution in [0.4, 0.5) is 0 Å². The average Bonchev–Trinajstić information content (AvgIpc) is 3.20. The molecular formula is C16H23NO2.